The van der Waals surface area contributed by atoms with Crippen LogP contribution in [-0.2, 0) is 14.8 Å². The van der Waals surface area contributed by atoms with Crippen LogP contribution < -0.4 is 11.1 Å². The summed E-state index contributed by atoms with van der Waals surface area (Å²) in [6, 6.07) is 7.81. The molecular weight excluding hydrogens is 334 g/mol. The van der Waals surface area contributed by atoms with E-state index in [1.807, 2.05) is 0 Å². The molecule has 2 aromatic rings. The molecule has 0 saturated carbocycles. The minimum Gasteiger partial charge on any atom is -0.366 e. The highest BCUT2D eigenvalue weighted by Crippen LogP contribution is 2.26. The third kappa shape index (κ3) is 2.69. The van der Waals surface area contributed by atoms with Gasteiger partial charge < -0.3 is 16.2 Å². The van der Waals surface area contributed by atoms with Crippen LogP contribution in [0.2, 0.25) is 0 Å². The van der Waals surface area contributed by atoms with Crippen LogP contribution in [0.1, 0.15) is 0 Å². The van der Waals surface area contributed by atoms with Crippen molar-refractivity contribution in [3.63, 3.8) is 0 Å². The minimum atomic E-state index is -4.08. The Balaban J connectivity index is 1.96. The normalized spacial score (nSPS) is 22.4. The van der Waals surface area contributed by atoms with Crippen LogP contribution in [0.3, 0.4) is 0 Å². The molecule has 1 fully saturated rings. The summed E-state index contributed by atoms with van der Waals surface area (Å²) in [5.41, 5.74) is 4.42. The molecule has 1 saturated heterocycles. The number of carbonyl (C=O) groups excluding carboxylic acids is 1. The van der Waals surface area contributed by atoms with Crippen molar-refractivity contribution < 1.29 is 18.3 Å². The van der Waals surface area contributed by atoms with Gasteiger partial charge in [-0.15, -0.1) is 0 Å². The maximum atomic E-state index is 12.8. The smallest absolute Gasteiger partial charge is 0.267 e. The zero-order valence-corrected chi connectivity index (χ0v) is 13.5. The average molecular weight is 351 g/mol. The number of primary amides is 1. The molecule has 2 heterocycles. The Bertz CT molecular complexity index is 835. The van der Waals surface area contributed by atoms with Gasteiger partial charge in [0.05, 0.1) is 10.6 Å². The van der Waals surface area contributed by atoms with Crippen molar-refractivity contribution in [1.82, 2.24) is 19.8 Å². The Kier molecular flexibility index (Phi) is 4.13. The Morgan fingerprint density at radius 1 is 1.29 bits per heavy atom. The zero-order chi connectivity index (χ0) is 17.4. The number of sulfonamides is 1. The second kappa shape index (κ2) is 5.98. The van der Waals surface area contributed by atoms with E-state index in [-0.39, 0.29) is 18.0 Å². The Morgan fingerprint density at radius 2 is 2.00 bits per heavy atom. The summed E-state index contributed by atoms with van der Waals surface area (Å²) in [5.74, 6) is -1.12. The number of hydrogen-bond acceptors (Lipinski definition) is 6. The number of nitrogens with zero attached hydrogens (tertiary/aromatic N) is 2. The Labute approximate surface area is 138 Å². The summed E-state index contributed by atoms with van der Waals surface area (Å²) in [6.07, 6.45) is 1.59. The predicted octanol–water partition coefficient (Wildman–Crippen LogP) is -1.16. The van der Waals surface area contributed by atoms with Crippen molar-refractivity contribution in [3.8, 4) is 11.3 Å². The first kappa shape index (κ1) is 16.6. The molecule has 1 unspecified atom stereocenters. The number of nitrogens with two attached hydrogens (primary N) is 1. The number of aromatic nitrogens is 2. The van der Waals surface area contributed by atoms with E-state index in [2.05, 4.69) is 15.5 Å². The highest BCUT2D eigenvalue weighted by atomic mass is 32.2. The number of hydrogen-bond donors (Lipinski definition) is 4. The maximum Gasteiger partial charge on any atom is 0.267 e. The van der Waals surface area contributed by atoms with Crippen molar-refractivity contribution in [2.75, 3.05) is 19.6 Å². The number of aromatic amines is 1. The largest absolute Gasteiger partial charge is 0.366 e. The molecule has 3 rings (SSSR count). The third-order valence-electron chi connectivity index (χ3n) is 3.92. The maximum absolute atomic E-state index is 12.8. The van der Waals surface area contributed by atoms with Crippen LogP contribution in [0.25, 0.3) is 11.3 Å². The van der Waals surface area contributed by atoms with E-state index in [1.54, 1.807) is 24.4 Å². The predicted molar refractivity (Wildman–Crippen MR) is 84.9 cm³/mol. The number of carbonyl (C=O) groups is 1. The first-order valence-corrected chi connectivity index (χ1v) is 8.65. The van der Waals surface area contributed by atoms with E-state index < -0.39 is 21.7 Å². The van der Waals surface area contributed by atoms with Crippen LogP contribution in [0.15, 0.2) is 41.4 Å². The van der Waals surface area contributed by atoms with Gasteiger partial charge in [-0.3, -0.25) is 9.89 Å². The van der Waals surface area contributed by atoms with Crippen molar-refractivity contribution >= 4 is 15.9 Å². The molecule has 5 N–H and O–H groups in total. The Morgan fingerprint density at radius 3 is 2.58 bits per heavy atom. The summed E-state index contributed by atoms with van der Waals surface area (Å²) in [7, 11) is -4.08. The lowest BCUT2D eigenvalue weighted by Gasteiger charge is -2.39. The van der Waals surface area contributed by atoms with Gasteiger partial charge in [0.1, 0.15) is 0 Å². The number of H-pyrrole nitrogens is 1. The number of β-amino-alcohol motifs (C(OH)–C–C–N with tert-alkyl or cyclic N) is 1. The molecule has 1 amide bonds. The first-order chi connectivity index (χ1) is 11.4. The molecule has 10 heteroatoms. The van der Waals surface area contributed by atoms with E-state index in [9.17, 15) is 18.3 Å². The molecule has 1 aliphatic heterocycles. The lowest BCUT2D eigenvalue weighted by molar-refractivity contribution is -0.151. The number of nitrogens with one attached hydrogen (secondary N) is 2. The molecule has 1 aromatic heterocycles. The number of amides is 1. The van der Waals surface area contributed by atoms with Crippen LogP contribution >= 0.6 is 0 Å². The standard InChI is InChI=1S/C14H17N5O4S/c15-13(20)14(21)9-16-7-8-19(14)24(22,23)11-3-1-10(2-4-11)12-5-6-17-18-12/h1-6,16,21H,7-9H2,(H2,15,20)(H,17,18). The number of piperazine rings is 1. The summed E-state index contributed by atoms with van der Waals surface area (Å²) >= 11 is 0. The molecule has 24 heavy (non-hydrogen) atoms. The molecule has 128 valence electrons. The van der Waals surface area contributed by atoms with Gasteiger partial charge in [0.15, 0.2) is 0 Å². The second-order valence-electron chi connectivity index (χ2n) is 5.43. The van der Waals surface area contributed by atoms with Gasteiger partial charge in [-0.2, -0.15) is 9.40 Å². The fourth-order valence-corrected chi connectivity index (χ4v) is 4.21. The quantitative estimate of drug-likeness (QED) is 0.548. The van der Waals surface area contributed by atoms with Crippen molar-refractivity contribution in [1.29, 1.82) is 0 Å². The average Bonchev–Trinajstić information content (AvgIpc) is 3.09. The summed E-state index contributed by atoms with van der Waals surface area (Å²) < 4.78 is 26.4. The lowest BCUT2D eigenvalue weighted by Crippen LogP contribution is -2.68. The van der Waals surface area contributed by atoms with Gasteiger partial charge in [-0.05, 0) is 23.8 Å². The van der Waals surface area contributed by atoms with Crippen LogP contribution in [0, 0.1) is 0 Å². The lowest BCUT2D eigenvalue weighted by atomic mass is 10.1. The van der Waals surface area contributed by atoms with E-state index >= 15 is 0 Å². The molecule has 9 nitrogen and oxygen atoms in total. The molecule has 0 aliphatic carbocycles. The topological polar surface area (TPSA) is 141 Å². The summed E-state index contributed by atoms with van der Waals surface area (Å²) in [5, 5.41) is 19.8. The van der Waals surface area contributed by atoms with Gasteiger partial charge >= 0.3 is 0 Å². The molecule has 1 aliphatic rings. The third-order valence-corrected chi connectivity index (χ3v) is 5.86. The SMILES string of the molecule is NC(=O)C1(O)CNCCN1S(=O)(=O)c1ccc(-c2ccn[nH]2)cc1. The van der Waals surface area contributed by atoms with Gasteiger partial charge in [0, 0.05) is 25.8 Å². The monoisotopic (exact) mass is 351 g/mol. The van der Waals surface area contributed by atoms with E-state index in [4.69, 9.17) is 5.73 Å². The summed E-state index contributed by atoms with van der Waals surface area (Å²) in [6.45, 7) is -0.0150. The van der Waals surface area contributed by atoms with Crippen molar-refractivity contribution in [3.05, 3.63) is 36.5 Å². The van der Waals surface area contributed by atoms with Crippen LogP contribution in [-0.4, -0.2) is 59.3 Å². The molecule has 0 spiro atoms. The van der Waals surface area contributed by atoms with E-state index in [1.165, 1.54) is 12.1 Å². The van der Waals surface area contributed by atoms with Crippen molar-refractivity contribution in [2.45, 2.75) is 10.6 Å². The number of benzene rings is 1. The van der Waals surface area contributed by atoms with Gasteiger partial charge in [-0.1, -0.05) is 12.1 Å². The number of rotatable bonds is 4. The van der Waals surface area contributed by atoms with Gasteiger partial charge in [0.25, 0.3) is 5.91 Å². The minimum absolute atomic E-state index is 0.0349. The zero-order valence-electron chi connectivity index (χ0n) is 12.6. The highest BCUT2D eigenvalue weighted by molar-refractivity contribution is 7.89. The Hall–Kier alpha value is -2.27. The van der Waals surface area contributed by atoms with Crippen LogP contribution in [0.5, 0.6) is 0 Å². The van der Waals surface area contributed by atoms with Gasteiger partial charge in [0.2, 0.25) is 15.7 Å². The highest BCUT2D eigenvalue weighted by Gasteiger charge is 2.49. The first-order valence-electron chi connectivity index (χ1n) is 7.21. The fraction of sp³-hybridized carbons (Fsp3) is 0.286. The van der Waals surface area contributed by atoms with Gasteiger partial charge in [-0.25, -0.2) is 8.42 Å². The molecule has 0 bridgehead atoms. The van der Waals surface area contributed by atoms with Crippen molar-refractivity contribution in [2.24, 2.45) is 5.73 Å². The fourth-order valence-electron chi connectivity index (χ4n) is 2.60. The molecule has 1 aromatic carbocycles. The van der Waals surface area contributed by atoms with E-state index in [0.717, 1.165) is 15.6 Å². The second-order valence-corrected chi connectivity index (χ2v) is 7.29. The summed E-state index contributed by atoms with van der Waals surface area (Å²) in [4.78, 5) is 11.6. The van der Waals surface area contributed by atoms with E-state index in [0.29, 0.717) is 6.54 Å². The van der Waals surface area contributed by atoms with Crippen LogP contribution in [0.4, 0.5) is 0 Å². The molecule has 1 atom stereocenters. The molecule has 0 radical (unpaired) electrons. The number of aliphatic hydroxyl groups is 1. The molecular formula is C14H17N5O4S.